The van der Waals surface area contributed by atoms with E-state index in [0.29, 0.717) is 5.92 Å². The van der Waals surface area contributed by atoms with Crippen LogP contribution >= 0.6 is 0 Å². The summed E-state index contributed by atoms with van der Waals surface area (Å²) < 4.78 is 0. The normalized spacial score (nSPS) is 16.1. The molecule has 0 saturated heterocycles. The van der Waals surface area contributed by atoms with Crippen molar-refractivity contribution < 1.29 is 0 Å². The third-order valence-electron chi connectivity index (χ3n) is 5.44. The van der Waals surface area contributed by atoms with Crippen molar-refractivity contribution in [3.05, 3.63) is 126 Å². The lowest BCUT2D eigenvalue weighted by molar-refractivity contribution is 0.886. The predicted molar refractivity (Wildman–Crippen MR) is 114 cm³/mol. The van der Waals surface area contributed by atoms with Gasteiger partial charge in [-0.1, -0.05) is 91.0 Å². The van der Waals surface area contributed by atoms with Gasteiger partial charge in [-0.2, -0.15) is 0 Å². The Bertz CT molecular complexity index is 1090. The molecule has 1 aromatic heterocycles. The highest BCUT2D eigenvalue weighted by Crippen LogP contribution is 2.40. The van der Waals surface area contributed by atoms with Crippen LogP contribution in [-0.4, -0.2) is 4.98 Å². The minimum atomic E-state index is 0.415. The summed E-state index contributed by atoms with van der Waals surface area (Å²) in [5, 5.41) is 1.33. The molecule has 1 unspecified atom stereocenters. The van der Waals surface area contributed by atoms with Gasteiger partial charge >= 0.3 is 0 Å². The zero-order chi connectivity index (χ0) is 18.1. The van der Waals surface area contributed by atoms with Crippen molar-refractivity contribution in [3.8, 4) is 0 Å². The molecule has 0 amide bonds. The molecule has 0 aliphatic heterocycles. The largest absolute Gasteiger partial charge is 0.361 e. The van der Waals surface area contributed by atoms with Crippen LogP contribution in [0.2, 0.25) is 0 Å². The molecule has 0 radical (unpaired) electrons. The Morgan fingerprint density at radius 2 is 1.37 bits per heavy atom. The van der Waals surface area contributed by atoms with E-state index in [2.05, 4.69) is 108 Å². The Morgan fingerprint density at radius 1 is 0.741 bits per heavy atom. The number of H-pyrrole nitrogens is 1. The number of allylic oxidation sites excluding steroid dienone is 3. The Labute approximate surface area is 159 Å². The molecule has 1 aliphatic carbocycles. The van der Waals surface area contributed by atoms with E-state index in [-0.39, 0.29) is 0 Å². The second kappa shape index (κ2) is 6.77. The quantitative estimate of drug-likeness (QED) is 0.424. The maximum atomic E-state index is 3.42. The number of para-hydroxylation sites is 1. The van der Waals surface area contributed by atoms with Crippen LogP contribution in [0.4, 0.5) is 0 Å². The predicted octanol–water partition coefficient (Wildman–Crippen LogP) is 6.71. The monoisotopic (exact) mass is 347 g/mol. The molecular formula is C26H21N. The first-order valence-corrected chi connectivity index (χ1v) is 9.48. The highest BCUT2D eigenvalue weighted by Gasteiger charge is 2.22. The van der Waals surface area contributed by atoms with Crippen molar-refractivity contribution in [1.29, 1.82) is 0 Å². The van der Waals surface area contributed by atoms with Crippen LogP contribution in [0.25, 0.3) is 16.5 Å². The summed E-state index contributed by atoms with van der Waals surface area (Å²) in [4.78, 5) is 3.42. The Morgan fingerprint density at radius 3 is 2.07 bits per heavy atom. The highest BCUT2D eigenvalue weighted by molar-refractivity contribution is 5.86. The van der Waals surface area contributed by atoms with Crippen molar-refractivity contribution in [2.45, 2.75) is 12.3 Å². The van der Waals surface area contributed by atoms with Crippen LogP contribution in [0, 0.1) is 0 Å². The van der Waals surface area contributed by atoms with Crippen LogP contribution in [0.15, 0.2) is 109 Å². The first-order chi connectivity index (χ1) is 13.4. The second-order valence-corrected chi connectivity index (χ2v) is 7.09. The van der Waals surface area contributed by atoms with Crippen molar-refractivity contribution in [2.75, 3.05) is 0 Å². The van der Waals surface area contributed by atoms with Gasteiger partial charge in [0.15, 0.2) is 0 Å². The van der Waals surface area contributed by atoms with E-state index in [1.54, 1.807) is 0 Å². The molecule has 1 atom stereocenters. The molecule has 0 spiro atoms. The molecule has 1 heteroatoms. The molecule has 1 heterocycles. The van der Waals surface area contributed by atoms with E-state index in [4.69, 9.17) is 0 Å². The standard InChI is InChI=1S/C26H21N/c1-3-9-19(10-4-1)26(20-11-5-2-6-12-20)22-16-15-21(17-22)24-18-27-25-14-8-7-13-23(24)25/h1-16,18,21,27H,17H2. The summed E-state index contributed by atoms with van der Waals surface area (Å²) in [6.45, 7) is 0. The number of aromatic amines is 1. The SMILES string of the molecule is C1=CC(c2c[nH]c3ccccc23)CC1=C(c1ccccc1)c1ccccc1. The lowest BCUT2D eigenvalue weighted by atomic mass is 9.90. The van der Waals surface area contributed by atoms with Gasteiger partial charge in [0.1, 0.15) is 0 Å². The van der Waals surface area contributed by atoms with Gasteiger partial charge in [-0.3, -0.25) is 0 Å². The molecule has 3 aromatic carbocycles. The number of rotatable bonds is 3. The van der Waals surface area contributed by atoms with Gasteiger partial charge in [-0.15, -0.1) is 0 Å². The molecule has 4 aromatic rings. The Hall–Kier alpha value is -3.32. The molecule has 1 aliphatic rings. The molecule has 0 fully saturated rings. The van der Waals surface area contributed by atoms with E-state index in [0.717, 1.165) is 6.42 Å². The fourth-order valence-corrected chi connectivity index (χ4v) is 4.15. The van der Waals surface area contributed by atoms with E-state index in [1.807, 2.05) is 0 Å². The lowest BCUT2D eigenvalue weighted by Crippen LogP contribution is -1.95. The molecule has 0 saturated carbocycles. The zero-order valence-electron chi connectivity index (χ0n) is 15.1. The molecule has 1 nitrogen and oxygen atoms in total. The summed E-state index contributed by atoms with van der Waals surface area (Å²) in [7, 11) is 0. The van der Waals surface area contributed by atoms with Gasteiger partial charge in [0.05, 0.1) is 0 Å². The van der Waals surface area contributed by atoms with Crippen LogP contribution < -0.4 is 0 Å². The molecule has 1 N–H and O–H groups in total. The van der Waals surface area contributed by atoms with Gasteiger partial charge in [0.2, 0.25) is 0 Å². The average Bonchev–Trinajstić information content (AvgIpc) is 3.37. The smallest absolute Gasteiger partial charge is 0.0457 e. The number of aromatic nitrogens is 1. The minimum Gasteiger partial charge on any atom is -0.361 e. The molecule has 0 bridgehead atoms. The highest BCUT2D eigenvalue weighted by atomic mass is 14.7. The number of benzene rings is 3. The number of nitrogens with one attached hydrogen (secondary N) is 1. The summed E-state index contributed by atoms with van der Waals surface area (Å²) in [5.41, 5.74) is 7.91. The summed E-state index contributed by atoms with van der Waals surface area (Å²) in [6, 6.07) is 30.0. The summed E-state index contributed by atoms with van der Waals surface area (Å²) in [5.74, 6) is 0.415. The average molecular weight is 347 g/mol. The number of hydrogen-bond acceptors (Lipinski definition) is 0. The van der Waals surface area contributed by atoms with Crippen molar-refractivity contribution in [1.82, 2.24) is 4.98 Å². The van der Waals surface area contributed by atoms with E-state index in [1.165, 1.54) is 38.7 Å². The first-order valence-electron chi connectivity index (χ1n) is 9.48. The number of fused-ring (bicyclic) bond motifs is 1. The number of hydrogen-bond donors (Lipinski definition) is 1. The van der Waals surface area contributed by atoms with Crippen molar-refractivity contribution in [2.24, 2.45) is 0 Å². The van der Waals surface area contributed by atoms with Gasteiger partial charge in [0, 0.05) is 23.0 Å². The molecule has 130 valence electrons. The van der Waals surface area contributed by atoms with Crippen LogP contribution in [0.5, 0.6) is 0 Å². The fourth-order valence-electron chi connectivity index (χ4n) is 4.15. The molecular weight excluding hydrogens is 326 g/mol. The summed E-state index contributed by atoms with van der Waals surface area (Å²) >= 11 is 0. The molecule has 5 rings (SSSR count). The summed E-state index contributed by atoms with van der Waals surface area (Å²) in [6.07, 6.45) is 7.88. The second-order valence-electron chi connectivity index (χ2n) is 7.09. The maximum absolute atomic E-state index is 3.42. The Balaban J connectivity index is 1.59. The minimum absolute atomic E-state index is 0.415. The van der Waals surface area contributed by atoms with Gasteiger partial charge in [-0.25, -0.2) is 0 Å². The van der Waals surface area contributed by atoms with Crippen molar-refractivity contribution in [3.63, 3.8) is 0 Å². The lowest BCUT2D eigenvalue weighted by Gasteiger charge is -2.14. The Kier molecular flexibility index (Phi) is 3.99. The first kappa shape index (κ1) is 15.9. The van der Waals surface area contributed by atoms with E-state index < -0.39 is 0 Å². The van der Waals surface area contributed by atoms with E-state index >= 15 is 0 Å². The van der Waals surface area contributed by atoms with Gasteiger partial charge in [-0.05, 0) is 40.3 Å². The van der Waals surface area contributed by atoms with Gasteiger partial charge < -0.3 is 4.98 Å². The maximum Gasteiger partial charge on any atom is 0.0457 e. The fraction of sp³-hybridized carbons (Fsp3) is 0.0769. The van der Waals surface area contributed by atoms with E-state index in [9.17, 15) is 0 Å². The topological polar surface area (TPSA) is 15.8 Å². The third-order valence-corrected chi connectivity index (χ3v) is 5.44. The van der Waals surface area contributed by atoms with Crippen LogP contribution in [0.3, 0.4) is 0 Å². The van der Waals surface area contributed by atoms with Crippen LogP contribution in [0.1, 0.15) is 29.0 Å². The third kappa shape index (κ3) is 2.92. The van der Waals surface area contributed by atoms with Crippen LogP contribution in [-0.2, 0) is 0 Å². The van der Waals surface area contributed by atoms with Gasteiger partial charge in [0.25, 0.3) is 0 Å². The molecule has 27 heavy (non-hydrogen) atoms. The van der Waals surface area contributed by atoms with Crippen molar-refractivity contribution >= 4 is 16.5 Å². The zero-order valence-corrected chi connectivity index (χ0v) is 15.1.